The Kier molecular flexibility index (Phi) is 3.26. The molecule has 4 heteroatoms. The predicted molar refractivity (Wildman–Crippen MR) is 63.1 cm³/mol. The third kappa shape index (κ3) is 2.11. The maximum Gasteiger partial charge on any atom is 0.163 e. The van der Waals surface area contributed by atoms with Crippen LogP contribution in [0.1, 0.15) is 20.7 Å². The van der Waals surface area contributed by atoms with Crippen molar-refractivity contribution in [3.8, 4) is 0 Å². The molecule has 0 aliphatic carbocycles. The van der Waals surface area contributed by atoms with Crippen molar-refractivity contribution in [3.63, 3.8) is 0 Å². The van der Waals surface area contributed by atoms with Crippen molar-refractivity contribution < 1.29 is 8.78 Å². The summed E-state index contributed by atoms with van der Waals surface area (Å²) >= 11 is 7.61. The van der Waals surface area contributed by atoms with Gasteiger partial charge in [-0.15, -0.1) is 22.9 Å². The molecule has 0 aliphatic heterocycles. The van der Waals surface area contributed by atoms with Crippen LogP contribution >= 0.6 is 22.9 Å². The van der Waals surface area contributed by atoms with Crippen LogP contribution in [-0.4, -0.2) is 0 Å². The molecule has 84 valence electrons. The lowest BCUT2D eigenvalue weighted by atomic mass is 10.1. The van der Waals surface area contributed by atoms with E-state index in [1.807, 2.05) is 19.1 Å². The van der Waals surface area contributed by atoms with Crippen LogP contribution < -0.4 is 0 Å². The minimum atomic E-state index is -0.867. The van der Waals surface area contributed by atoms with Crippen LogP contribution in [0.3, 0.4) is 0 Å². The van der Waals surface area contributed by atoms with Gasteiger partial charge in [0.1, 0.15) is 0 Å². The fraction of sp³-hybridized carbons (Fsp3) is 0.167. The Hall–Kier alpha value is -0.930. The van der Waals surface area contributed by atoms with E-state index in [2.05, 4.69) is 0 Å². The molecule has 1 unspecified atom stereocenters. The molecule has 0 aliphatic rings. The van der Waals surface area contributed by atoms with E-state index in [1.54, 1.807) is 0 Å². The van der Waals surface area contributed by atoms with Crippen LogP contribution in [0.4, 0.5) is 8.78 Å². The molecule has 0 nitrogen and oxygen atoms in total. The van der Waals surface area contributed by atoms with E-state index in [-0.39, 0.29) is 5.56 Å². The monoisotopic (exact) mass is 258 g/mol. The Labute approximate surface area is 101 Å². The zero-order valence-corrected chi connectivity index (χ0v) is 10.1. The Morgan fingerprint density at radius 3 is 2.56 bits per heavy atom. The molecular weight excluding hydrogens is 250 g/mol. The lowest BCUT2D eigenvalue weighted by Gasteiger charge is -2.09. The van der Waals surface area contributed by atoms with E-state index >= 15 is 0 Å². The maximum absolute atomic E-state index is 13.5. The van der Waals surface area contributed by atoms with Gasteiger partial charge in [-0.1, -0.05) is 12.1 Å². The summed E-state index contributed by atoms with van der Waals surface area (Å²) in [5.74, 6) is -1.73. The van der Waals surface area contributed by atoms with Crippen LogP contribution in [0.15, 0.2) is 30.3 Å². The van der Waals surface area contributed by atoms with Gasteiger partial charge in [0.25, 0.3) is 0 Å². The molecule has 0 amide bonds. The van der Waals surface area contributed by atoms with Crippen molar-refractivity contribution in [2.75, 3.05) is 0 Å². The average molecular weight is 259 g/mol. The van der Waals surface area contributed by atoms with Crippen LogP contribution in [0, 0.1) is 18.6 Å². The molecular formula is C12H9ClF2S. The summed E-state index contributed by atoms with van der Waals surface area (Å²) in [6.45, 7) is 1.94. The van der Waals surface area contributed by atoms with Gasteiger partial charge in [-0.2, -0.15) is 0 Å². The molecule has 1 aromatic carbocycles. The van der Waals surface area contributed by atoms with E-state index in [4.69, 9.17) is 11.6 Å². The highest BCUT2D eigenvalue weighted by atomic mass is 35.5. The van der Waals surface area contributed by atoms with Gasteiger partial charge in [0.2, 0.25) is 0 Å². The molecule has 16 heavy (non-hydrogen) atoms. The topological polar surface area (TPSA) is 0 Å². The highest BCUT2D eigenvalue weighted by Gasteiger charge is 2.18. The second-order valence-corrected chi connectivity index (χ2v) is 5.21. The summed E-state index contributed by atoms with van der Waals surface area (Å²) in [6.07, 6.45) is 0. The normalized spacial score (nSPS) is 12.8. The van der Waals surface area contributed by atoms with Crippen molar-refractivity contribution in [2.24, 2.45) is 0 Å². The van der Waals surface area contributed by atoms with Gasteiger partial charge in [0, 0.05) is 15.3 Å². The fourth-order valence-electron chi connectivity index (χ4n) is 1.46. The van der Waals surface area contributed by atoms with Gasteiger partial charge in [-0.05, 0) is 25.1 Å². The van der Waals surface area contributed by atoms with Crippen LogP contribution in [0.25, 0.3) is 0 Å². The first kappa shape index (κ1) is 11.6. The van der Waals surface area contributed by atoms with Gasteiger partial charge >= 0.3 is 0 Å². The van der Waals surface area contributed by atoms with Crippen LogP contribution in [0.5, 0.6) is 0 Å². The van der Waals surface area contributed by atoms with Crippen molar-refractivity contribution in [3.05, 3.63) is 57.3 Å². The van der Waals surface area contributed by atoms with E-state index in [0.717, 1.165) is 15.8 Å². The van der Waals surface area contributed by atoms with E-state index < -0.39 is 17.0 Å². The summed E-state index contributed by atoms with van der Waals surface area (Å²) in [4.78, 5) is 1.92. The molecule has 2 aromatic rings. The molecule has 2 rings (SSSR count). The standard InChI is InChI=1S/C12H9ClF2S/c1-7-5-6-10(16-7)11(13)8-3-2-4-9(14)12(8)15/h2-6,11H,1H3. The van der Waals surface area contributed by atoms with Crippen LogP contribution in [-0.2, 0) is 0 Å². The minimum Gasteiger partial charge on any atom is -0.204 e. The molecule has 0 N–H and O–H groups in total. The quantitative estimate of drug-likeness (QED) is 0.687. The van der Waals surface area contributed by atoms with Crippen molar-refractivity contribution >= 4 is 22.9 Å². The molecule has 0 fully saturated rings. The Balaban J connectivity index is 2.41. The first-order valence-electron chi connectivity index (χ1n) is 4.74. The highest BCUT2D eigenvalue weighted by Crippen LogP contribution is 2.35. The van der Waals surface area contributed by atoms with Crippen molar-refractivity contribution in [2.45, 2.75) is 12.3 Å². The summed E-state index contributed by atoms with van der Waals surface area (Å²) in [6, 6.07) is 7.80. The number of thiophene rings is 1. The van der Waals surface area contributed by atoms with Gasteiger partial charge in [-0.3, -0.25) is 0 Å². The number of hydrogen-bond acceptors (Lipinski definition) is 1. The number of hydrogen-bond donors (Lipinski definition) is 0. The Morgan fingerprint density at radius 2 is 1.94 bits per heavy atom. The first-order chi connectivity index (χ1) is 7.59. The second kappa shape index (κ2) is 4.52. The lowest BCUT2D eigenvalue weighted by molar-refractivity contribution is 0.500. The summed E-state index contributed by atoms with van der Waals surface area (Å²) in [5.41, 5.74) is 0.184. The predicted octanol–water partition coefficient (Wildman–Crippen LogP) is 4.66. The van der Waals surface area contributed by atoms with E-state index in [1.165, 1.54) is 23.5 Å². The number of alkyl halides is 1. The molecule has 1 atom stereocenters. The third-order valence-corrected chi connectivity index (χ3v) is 3.93. The summed E-state index contributed by atoms with van der Waals surface area (Å²) in [5, 5.41) is -0.630. The number of benzene rings is 1. The number of rotatable bonds is 2. The van der Waals surface area contributed by atoms with Gasteiger partial charge in [-0.25, -0.2) is 8.78 Å². The Morgan fingerprint density at radius 1 is 1.19 bits per heavy atom. The van der Waals surface area contributed by atoms with Gasteiger partial charge in [0.15, 0.2) is 11.6 Å². The fourth-order valence-corrected chi connectivity index (χ4v) is 2.71. The van der Waals surface area contributed by atoms with Gasteiger partial charge < -0.3 is 0 Å². The molecule has 0 bridgehead atoms. The number of halogens is 3. The zero-order valence-electron chi connectivity index (χ0n) is 8.51. The third-order valence-electron chi connectivity index (χ3n) is 2.27. The molecule has 1 aromatic heterocycles. The molecule has 1 heterocycles. The molecule has 0 spiro atoms. The highest BCUT2D eigenvalue weighted by molar-refractivity contribution is 7.12. The molecule has 0 saturated carbocycles. The largest absolute Gasteiger partial charge is 0.204 e. The van der Waals surface area contributed by atoms with Gasteiger partial charge in [0.05, 0.1) is 5.38 Å². The minimum absolute atomic E-state index is 0.184. The number of aryl methyl sites for hydroxylation is 1. The molecule has 0 radical (unpaired) electrons. The first-order valence-corrected chi connectivity index (χ1v) is 5.99. The average Bonchev–Trinajstić information content (AvgIpc) is 2.68. The van der Waals surface area contributed by atoms with Crippen molar-refractivity contribution in [1.82, 2.24) is 0 Å². The second-order valence-electron chi connectivity index (χ2n) is 3.45. The summed E-state index contributed by atoms with van der Waals surface area (Å²) < 4.78 is 26.5. The van der Waals surface area contributed by atoms with E-state index in [0.29, 0.717) is 0 Å². The Bertz CT molecular complexity index is 507. The lowest BCUT2D eigenvalue weighted by Crippen LogP contribution is -1.97. The smallest absolute Gasteiger partial charge is 0.163 e. The molecule has 0 saturated heterocycles. The van der Waals surface area contributed by atoms with Crippen LogP contribution in [0.2, 0.25) is 0 Å². The van der Waals surface area contributed by atoms with E-state index in [9.17, 15) is 8.78 Å². The SMILES string of the molecule is Cc1ccc(C(Cl)c2cccc(F)c2F)s1. The maximum atomic E-state index is 13.5. The zero-order chi connectivity index (χ0) is 11.7. The summed E-state index contributed by atoms with van der Waals surface area (Å²) in [7, 11) is 0. The van der Waals surface area contributed by atoms with Crippen molar-refractivity contribution in [1.29, 1.82) is 0 Å².